The second-order valence-corrected chi connectivity index (χ2v) is 5.57. The predicted octanol–water partition coefficient (Wildman–Crippen LogP) is 3.97. The Balaban J connectivity index is 1.87. The average molecular weight is 303 g/mol. The maximum absolute atomic E-state index is 12.1. The summed E-state index contributed by atoms with van der Waals surface area (Å²) in [4.78, 5) is 16.2. The van der Waals surface area contributed by atoms with Crippen molar-refractivity contribution >= 4 is 17.5 Å². The fourth-order valence-corrected chi connectivity index (χ4v) is 2.43. The summed E-state index contributed by atoms with van der Waals surface area (Å²) in [6.45, 7) is 4.61. The van der Waals surface area contributed by atoms with Crippen LogP contribution >= 0.6 is 11.6 Å². The number of aromatic nitrogens is 1. The zero-order chi connectivity index (χ0) is 15.2. The number of benzene rings is 1. The maximum atomic E-state index is 12.1. The standard InChI is InChI=1S/C17H19ClN2O/c1-12(14-6-4-3-5-7-14)8-9-19-17(21)15-11-20-13(2)10-16(15)18/h3-7,10-12H,8-9H2,1-2H3,(H,19,21). The van der Waals surface area contributed by atoms with Crippen molar-refractivity contribution in [3.05, 3.63) is 64.4 Å². The number of rotatable bonds is 5. The molecule has 0 spiro atoms. The van der Waals surface area contributed by atoms with E-state index in [0.717, 1.165) is 12.1 Å². The van der Waals surface area contributed by atoms with Crippen LogP contribution in [0.1, 0.15) is 40.9 Å². The highest BCUT2D eigenvalue weighted by Crippen LogP contribution is 2.18. The molecule has 1 heterocycles. The van der Waals surface area contributed by atoms with Crippen LogP contribution in [0, 0.1) is 6.92 Å². The van der Waals surface area contributed by atoms with Crippen molar-refractivity contribution in [3.8, 4) is 0 Å². The van der Waals surface area contributed by atoms with Gasteiger partial charge in [0.05, 0.1) is 10.6 Å². The molecule has 1 amide bonds. The molecule has 3 nitrogen and oxygen atoms in total. The van der Waals surface area contributed by atoms with Gasteiger partial charge in [0.2, 0.25) is 0 Å². The monoisotopic (exact) mass is 302 g/mol. The molecule has 1 N–H and O–H groups in total. The van der Waals surface area contributed by atoms with Gasteiger partial charge < -0.3 is 5.32 Å². The Morgan fingerprint density at radius 3 is 2.71 bits per heavy atom. The molecule has 21 heavy (non-hydrogen) atoms. The van der Waals surface area contributed by atoms with Gasteiger partial charge in [0.25, 0.3) is 5.91 Å². The quantitative estimate of drug-likeness (QED) is 0.908. The molecule has 2 rings (SSSR count). The van der Waals surface area contributed by atoms with Gasteiger partial charge in [0.1, 0.15) is 0 Å². The zero-order valence-corrected chi connectivity index (χ0v) is 13.0. The molecule has 4 heteroatoms. The number of hydrogen-bond acceptors (Lipinski definition) is 2. The Kier molecular flexibility index (Phi) is 5.34. The van der Waals surface area contributed by atoms with Crippen LogP contribution in [0.25, 0.3) is 0 Å². The molecule has 0 radical (unpaired) electrons. The molecule has 0 fully saturated rings. The first kappa shape index (κ1) is 15.5. The van der Waals surface area contributed by atoms with Crippen LogP contribution in [0.3, 0.4) is 0 Å². The first-order valence-corrected chi connectivity index (χ1v) is 7.41. The van der Waals surface area contributed by atoms with Gasteiger partial charge >= 0.3 is 0 Å². The Hall–Kier alpha value is -1.87. The summed E-state index contributed by atoms with van der Waals surface area (Å²) in [5, 5.41) is 3.34. The third kappa shape index (κ3) is 4.30. The summed E-state index contributed by atoms with van der Waals surface area (Å²) < 4.78 is 0. The molecule has 1 aromatic carbocycles. The van der Waals surface area contributed by atoms with E-state index in [-0.39, 0.29) is 5.91 Å². The van der Waals surface area contributed by atoms with Crippen molar-refractivity contribution in [2.45, 2.75) is 26.2 Å². The molecule has 1 unspecified atom stereocenters. The van der Waals surface area contributed by atoms with Crippen molar-refractivity contribution in [1.29, 1.82) is 0 Å². The molecule has 110 valence electrons. The van der Waals surface area contributed by atoms with Crippen molar-refractivity contribution in [3.63, 3.8) is 0 Å². The van der Waals surface area contributed by atoms with Crippen molar-refractivity contribution < 1.29 is 4.79 Å². The molecule has 0 aliphatic carbocycles. The van der Waals surface area contributed by atoms with Gasteiger partial charge in [-0.1, -0.05) is 48.9 Å². The highest BCUT2D eigenvalue weighted by Gasteiger charge is 2.11. The molecule has 1 atom stereocenters. The summed E-state index contributed by atoms with van der Waals surface area (Å²) >= 11 is 6.06. The summed E-state index contributed by atoms with van der Waals surface area (Å²) in [6.07, 6.45) is 2.40. The largest absolute Gasteiger partial charge is 0.352 e. The SMILES string of the molecule is Cc1cc(Cl)c(C(=O)NCCC(C)c2ccccc2)cn1. The number of pyridine rings is 1. The van der Waals surface area contributed by atoms with E-state index < -0.39 is 0 Å². The number of nitrogens with one attached hydrogen (secondary N) is 1. The van der Waals surface area contributed by atoms with E-state index in [1.165, 1.54) is 11.8 Å². The van der Waals surface area contributed by atoms with E-state index in [1.807, 2.05) is 25.1 Å². The van der Waals surface area contributed by atoms with Gasteiger partial charge in [-0.2, -0.15) is 0 Å². The minimum absolute atomic E-state index is 0.173. The normalized spacial score (nSPS) is 12.0. The average Bonchev–Trinajstić information content (AvgIpc) is 2.47. The lowest BCUT2D eigenvalue weighted by Crippen LogP contribution is -2.25. The van der Waals surface area contributed by atoms with Crippen LogP contribution in [-0.2, 0) is 0 Å². The number of carbonyl (C=O) groups is 1. The van der Waals surface area contributed by atoms with Crippen LogP contribution in [0.4, 0.5) is 0 Å². The highest BCUT2D eigenvalue weighted by molar-refractivity contribution is 6.33. The van der Waals surface area contributed by atoms with Gasteiger partial charge in [-0.3, -0.25) is 9.78 Å². The van der Waals surface area contributed by atoms with E-state index in [0.29, 0.717) is 23.0 Å². The number of halogens is 1. The van der Waals surface area contributed by atoms with E-state index in [9.17, 15) is 4.79 Å². The van der Waals surface area contributed by atoms with Gasteiger partial charge in [-0.15, -0.1) is 0 Å². The van der Waals surface area contributed by atoms with Gasteiger partial charge in [-0.05, 0) is 30.9 Å². The molecular formula is C17H19ClN2O. The number of aryl methyl sites for hydroxylation is 1. The highest BCUT2D eigenvalue weighted by atomic mass is 35.5. The first-order valence-electron chi connectivity index (χ1n) is 7.03. The number of nitrogens with zero attached hydrogens (tertiary/aromatic N) is 1. The predicted molar refractivity (Wildman–Crippen MR) is 85.8 cm³/mol. The summed E-state index contributed by atoms with van der Waals surface area (Å²) in [6, 6.07) is 12.0. The number of carbonyl (C=O) groups excluding carboxylic acids is 1. The van der Waals surface area contributed by atoms with Crippen LogP contribution < -0.4 is 5.32 Å². The smallest absolute Gasteiger partial charge is 0.254 e. The van der Waals surface area contributed by atoms with Crippen LogP contribution in [0.5, 0.6) is 0 Å². The minimum Gasteiger partial charge on any atom is -0.352 e. The minimum atomic E-state index is -0.173. The fraction of sp³-hybridized carbons (Fsp3) is 0.294. The Labute approximate surface area is 130 Å². The molecule has 0 saturated heterocycles. The summed E-state index contributed by atoms with van der Waals surface area (Å²) in [5.41, 5.74) is 2.51. The lowest BCUT2D eigenvalue weighted by atomic mass is 9.98. The molecule has 2 aromatic rings. The summed E-state index contributed by atoms with van der Waals surface area (Å²) in [5.74, 6) is 0.228. The first-order chi connectivity index (χ1) is 10.1. The van der Waals surface area contributed by atoms with E-state index in [1.54, 1.807) is 6.07 Å². The molecule has 0 bridgehead atoms. The maximum Gasteiger partial charge on any atom is 0.254 e. The lowest BCUT2D eigenvalue weighted by Gasteiger charge is -2.12. The molecular weight excluding hydrogens is 284 g/mol. The van der Waals surface area contributed by atoms with Crippen molar-refractivity contribution in [1.82, 2.24) is 10.3 Å². The Morgan fingerprint density at radius 2 is 2.05 bits per heavy atom. The topological polar surface area (TPSA) is 42.0 Å². The molecule has 0 aliphatic rings. The van der Waals surface area contributed by atoms with Crippen molar-refractivity contribution in [2.75, 3.05) is 6.54 Å². The van der Waals surface area contributed by atoms with Crippen LogP contribution in [0.2, 0.25) is 5.02 Å². The van der Waals surface area contributed by atoms with Crippen LogP contribution in [-0.4, -0.2) is 17.4 Å². The van der Waals surface area contributed by atoms with Crippen molar-refractivity contribution in [2.24, 2.45) is 0 Å². The van der Waals surface area contributed by atoms with Crippen LogP contribution in [0.15, 0.2) is 42.6 Å². The van der Waals surface area contributed by atoms with E-state index in [4.69, 9.17) is 11.6 Å². The lowest BCUT2D eigenvalue weighted by molar-refractivity contribution is 0.0952. The molecule has 0 saturated carbocycles. The van der Waals surface area contributed by atoms with E-state index >= 15 is 0 Å². The number of amides is 1. The Bertz CT molecular complexity index is 613. The second-order valence-electron chi connectivity index (χ2n) is 5.16. The third-order valence-electron chi connectivity index (χ3n) is 3.47. The van der Waals surface area contributed by atoms with Gasteiger partial charge in [-0.25, -0.2) is 0 Å². The Morgan fingerprint density at radius 1 is 1.33 bits per heavy atom. The summed E-state index contributed by atoms with van der Waals surface area (Å²) in [7, 11) is 0. The van der Waals surface area contributed by atoms with Gasteiger partial charge in [0.15, 0.2) is 0 Å². The molecule has 0 aliphatic heterocycles. The zero-order valence-electron chi connectivity index (χ0n) is 12.3. The molecule has 1 aromatic heterocycles. The number of hydrogen-bond donors (Lipinski definition) is 1. The van der Waals surface area contributed by atoms with Gasteiger partial charge in [0, 0.05) is 18.4 Å². The fourth-order valence-electron chi connectivity index (χ4n) is 2.14. The second kappa shape index (κ2) is 7.23. The third-order valence-corrected chi connectivity index (χ3v) is 3.78. The van der Waals surface area contributed by atoms with E-state index in [2.05, 4.69) is 29.4 Å².